The van der Waals surface area contributed by atoms with Gasteiger partial charge < -0.3 is 39.4 Å². The zero-order valence-corrected chi connectivity index (χ0v) is 30.5. The van der Waals surface area contributed by atoms with Crippen LogP contribution in [0, 0.1) is 0 Å². The summed E-state index contributed by atoms with van der Waals surface area (Å²) < 4.78 is 22.7. The molecule has 0 spiro atoms. The Morgan fingerprint density at radius 1 is 0.667 bits per heavy atom. The molecule has 0 amide bonds. The van der Waals surface area contributed by atoms with Crippen molar-refractivity contribution in [3.8, 4) is 0 Å². The molecule has 0 aromatic carbocycles. The number of ether oxygens (including phenoxy) is 4. The molecule has 9 heteroatoms. The smallest absolute Gasteiger partial charge is 0.306 e. The Kier molecular flexibility index (Phi) is 29.5. The molecule has 6 atom stereocenters. The van der Waals surface area contributed by atoms with Gasteiger partial charge in [0.25, 0.3) is 0 Å². The Bertz CT molecular complexity index is 787. The van der Waals surface area contributed by atoms with Gasteiger partial charge in [-0.1, -0.05) is 134 Å². The summed E-state index contributed by atoms with van der Waals surface area (Å²) >= 11 is 0. The van der Waals surface area contributed by atoms with Crippen LogP contribution in [0.5, 0.6) is 0 Å². The minimum Gasteiger partial charge on any atom is -0.457 e. The molecule has 0 aliphatic carbocycles. The maximum Gasteiger partial charge on any atom is 0.306 e. The third-order valence-electron chi connectivity index (χ3n) is 8.85. The summed E-state index contributed by atoms with van der Waals surface area (Å²) in [5, 5.41) is 39.9. The first-order valence-electron chi connectivity index (χ1n) is 19.4. The summed E-state index contributed by atoms with van der Waals surface area (Å²) in [5.41, 5.74) is 0. The summed E-state index contributed by atoms with van der Waals surface area (Å²) in [4.78, 5) is 12.7. The van der Waals surface area contributed by atoms with Crippen LogP contribution in [0.3, 0.4) is 0 Å². The monoisotopic (exact) mass is 685 g/mol. The van der Waals surface area contributed by atoms with E-state index in [-0.39, 0.29) is 19.2 Å². The molecule has 0 aromatic heterocycles. The lowest BCUT2D eigenvalue weighted by molar-refractivity contribution is -0.305. The molecular formula is C39H72O9. The van der Waals surface area contributed by atoms with E-state index in [4.69, 9.17) is 18.9 Å². The molecule has 9 nitrogen and oxygen atoms in total. The number of aliphatic hydroxyl groups excluding tert-OH is 4. The van der Waals surface area contributed by atoms with Gasteiger partial charge in [0.2, 0.25) is 0 Å². The first kappa shape index (κ1) is 44.7. The normalized spacial score (nSPS) is 22.2. The molecule has 1 heterocycles. The van der Waals surface area contributed by atoms with Gasteiger partial charge >= 0.3 is 5.97 Å². The van der Waals surface area contributed by atoms with Crippen molar-refractivity contribution in [2.24, 2.45) is 0 Å². The second kappa shape index (κ2) is 31.6. The highest BCUT2D eigenvalue weighted by Crippen LogP contribution is 2.22. The van der Waals surface area contributed by atoms with Crippen molar-refractivity contribution in [1.29, 1.82) is 0 Å². The summed E-state index contributed by atoms with van der Waals surface area (Å²) in [5.74, 6) is -0.328. The number of allylic oxidation sites excluding steroid dienone is 4. The van der Waals surface area contributed by atoms with Crippen LogP contribution in [0.25, 0.3) is 0 Å². The standard InChI is InChI=1S/C39H72O9/c1-3-5-7-9-11-13-15-17-18-20-22-24-26-28-35(41)47-33(32-46-39-38(44)37(43)36(42)34(30-40)48-39)31-45-29-27-25-23-21-19-16-14-12-10-8-6-4-2/h7,9,13,15,33-34,36-40,42-44H,3-6,8,10-12,14,16-32H2,1-2H3/b9-7-,15-13-. The molecule has 6 unspecified atom stereocenters. The molecular weight excluding hydrogens is 612 g/mol. The summed E-state index contributed by atoms with van der Waals surface area (Å²) in [7, 11) is 0. The second-order valence-electron chi connectivity index (χ2n) is 13.4. The van der Waals surface area contributed by atoms with E-state index in [1.165, 1.54) is 70.6 Å². The van der Waals surface area contributed by atoms with Gasteiger partial charge in [-0.05, 0) is 38.5 Å². The largest absolute Gasteiger partial charge is 0.457 e. The van der Waals surface area contributed by atoms with Crippen molar-refractivity contribution in [1.82, 2.24) is 0 Å². The van der Waals surface area contributed by atoms with E-state index >= 15 is 0 Å². The quantitative estimate of drug-likeness (QED) is 0.0323. The van der Waals surface area contributed by atoms with E-state index < -0.39 is 43.4 Å². The fourth-order valence-corrected chi connectivity index (χ4v) is 5.76. The van der Waals surface area contributed by atoms with Crippen LogP contribution in [-0.4, -0.2) is 89.6 Å². The Morgan fingerprint density at radius 2 is 1.25 bits per heavy atom. The zero-order valence-electron chi connectivity index (χ0n) is 30.5. The third-order valence-corrected chi connectivity index (χ3v) is 8.85. The molecule has 48 heavy (non-hydrogen) atoms. The second-order valence-corrected chi connectivity index (χ2v) is 13.4. The lowest BCUT2D eigenvalue weighted by Gasteiger charge is -2.39. The van der Waals surface area contributed by atoms with Gasteiger partial charge in [0, 0.05) is 13.0 Å². The van der Waals surface area contributed by atoms with Crippen LogP contribution in [0.1, 0.15) is 155 Å². The molecule has 1 aliphatic rings. The van der Waals surface area contributed by atoms with Crippen molar-refractivity contribution >= 4 is 5.97 Å². The van der Waals surface area contributed by atoms with Crippen molar-refractivity contribution in [3.63, 3.8) is 0 Å². The number of esters is 1. The topological polar surface area (TPSA) is 135 Å². The first-order chi connectivity index (χ1) is 23.4. The lowest BCUT2D eigenvalue weighted by Crippen LogP contribution is -2.59. The number of carbonyl (C=O) groups excluding carboxylic acids is 1. The molecule has 282 valence electrons. The van der Waals surface area contributed by atoms with Crippen LogP contribution < -0.4 is 0 Å². The molecule has 1 fully saturated rings. The first-order valence-corrected chi connectivity index (χ1v) is 19.4. The van der Waals surface area contributed by atoms with Crippen molar-refractivity contribution in [2.75, 3.05) is 26.4 Å². The van der Waals surface area contributed by atoms with E-state index in [0.29, 0.717) is 13.0 Å². The molecule has 1 saturated heterocycles. The highest BCUT2D eigenvalue weighted by molar-refractivity contribution is 5.69. The minimum absolute atomic E-state index is 0.116. The number of unbranched alkanes of at least 4 members (excludes halogenated alkanes) is 17. The summed E-state index contributed by atoms with van der Waals surface area (Å²) in [6.45, 7) is 4.47. The fraction of sp³-hybridized carbons (Fsp3) is 0.872. The summed E-state index contributed by atoms with van der Waals surface area (Å²) in [6.07, 6.45) is 26.3. The summed E-state index contributed by atoms with van der Waals surface area (Å²) in [6, 6.07) is 0. The highest BCUT2D eigenvalue weighted by atomic mass is 16.7. The van der Waals surface area contributed by atoms with E-state index in [1.807, 2.05) is 0 Å². The predicted molar refractivity (Wildman–Crippen MR) is 192 cm³/mol. The van der Waals surface area contributed by atoms with E-state index in [9.17, 15) is 25.2 Å². The van der Waals surface area contributed by atoms with Gasteiger partial charge in [-0.25, -0.2) is 0 Å². The van der Waals surface area contributed by atoms with Gasteiger partial charge in [-0.15, -0.1) is 0 Å². The van der Waals surface area contributed by atoms with Gasteiger partial charge in [-0.2, -0.15) is 0 Å². The molecule has 0 radical (unpaired) electrons. The van der Waals surface area contributed by atoms with Crippen LogP contribution in [0.4, 0.5) is 0 Å². The number of carbonyl (C=O) groups is 1. The van der Waals surface area contributed by atoms with Crippen LogP contribution in [-0.2, 0) is 23.7 Å². The molecule has 1 rings (SSSR count). The van der Waals surface area contributed by atoms with E-state index in [0.717, 1.165) is 64.2 Å². The molecule has 4 N–H and O–H groups in total. The van der Waals surface area contributed by atoms with Crippen LogP contribution >= 0.6 is 0 Å². The van der Waals surface area contributed by atoms with Crippen molar-refractivity contribution < 1.29 is 44.2 Å². The van der Waals surface area contributed by atoms with Gasteiger partial charge in [-0.3, -0.25) is 4.79 Å². The number of rotatable bonds is 32. The number of aliphatic hydroxyl groups is 4. The average molecular weight is 685 g/mol. The van der Waals surface area contributed by atoms with Gasteiger partial charge in [0.1, 0.15) is 30.5 Å². The Labute approximate surface area is 292 Å². The maximum absolute atomic E-state index is 12.7. The molecule has 0 aromatic rings. The molecule has 0 bridgehead atoms. The van der Waals surface area contributed by atoms with Crippen LogP contribution in [0.15, 0.2) is 24.3 Å². The SMILES string of the molecule is CCC/C=C\C/C=C\CCCCCCCC(=O)OC(COCCCCCCCCCCCCCC)COC1OC(CO)C(O)C(O)C1O. The fourth-order valence-electron chi connectivity index (χ4n) is 5.76. The Balaban J connectivity index is 2.34. The highest BCUT2D eigenvalue weighted by Gasteiger charge is 2.44. The average Bonchev–Trinajstić information content (AvgIpc) is 3.08. The minimum atomic E-state index is -1.53. The number of hydrogen-bond acceptors (Lipinski definition) is 9. The maximum atomic E-state index is 12.7. The van der Waals surface area contributed by atoms with Crippen molar-refractivity contribution in [3.05, 3.63) is 24.3 Å². The van der Waals surface area contributed by atoms with E-state index in [2.05, 4.69) is 38.2 Å². The van der Waals surface area contributed by atoms with Crippen molar-refractivity contribution in [2.45, 2.75) is 192 Å². The molecule has 1 aliphatic heterocycles. The lowest BCUT2D eigenvalue weighted by atomic mass is 9.99. The van der Waals surface area contributed by atoms with Gasteiger partial charge in [0.15, 0.2) is 6.29 Å². The number of hydrogen-bond donors (Lipinski definition) is 4. The predicted octanol–water partition coefficient (Wildman–Crippen LogP) is 7.47. The van der Waals surface area contributed by atoms with E-state index in [1.54, 1.807) is 0 Å². The molecule has 0 saturated carbocycles. The Morgan fingerprint density at radius 3 is 1.88 bits per heavy atom. The Hall–Kier alpha value is -1.33. The zero-order chi connectivity index (χ0) is 35.1. The van der Waals surface area contributed by atoms with Crippen LogP contribution in [0.2, 0.25) is 0 Å². The third kappa shape index (κ3) is 23.1. The van der Waals surface area contributed by atoms with Gasteiger partial charge in [0.05, 0.1) is 19.8 Å².